The summed E-state index contributed by atoms with van der Waals surface area (Å²) >= 11 is 0. The van der Waals surface area contributed by atoms with Crippen molar-refractivity contribution in [3.63, 3.8) is 0 Å². The predicted molar refractivity (Wildman–Crippen MR) is 187 cm³/mol. The number of esters is 1. The van der Waals surface area contributed by atoms with E-state index in [0.29, 0.717) is 12.3 Å². The molecule has 1 saturated heterocycles. The van der Waals surface area contributed by atoms with Crippen molar-refractivity contribution >= 4 is 17.6 Å². The summed E-state index contributed by atoms with van der Waals surface area (Å²) in [5, 5.41) is 66.7. The number of carboxylic acid groups (broad SMARTS) is 1. The van der Waals surface area contributed by atoms with Gasteiger partial charge in [-0.3, -0.25) is 0 Å². The number of benzene rings is 3. The molecule has 3 aromatic carbocycles. The van der Waals surface area contributed by atoms with E-state index in [4.69, 9.17) is 28.4 Å². The molecule has 0 radical (unpaired) electrons. The van der Waals surface area contributed by atoms with E-state index >= 15 is 0 Å². The number of aromatic carboxylic acids is 1. The number of methoxy groups -OCH3 is 2. The van der Waals surface area contributed by atoms with Crippen LogP contribution in [0.25, 0.3) is 0 Å². The van der Waals surface area contributed by atoms with Gasteiger partial charge in [-0.15, -0.1) is 0 Å². The minimum absolute atomic E-state index is 0.0179. The van der Waals surface area contributed by atoms with Crippen molar-refractivity contribution in [1.29, 1.82) is 0 Å². The molecule has 7 N–H and O–H groups in total. The summed E-state index contributed by atoms with van der Waals surface area (Å²) in [5.41, 5.74) is 0.617. The van der Waals surface area contributed by atoms with Crippen LogP contribution < -0.4 is 24.3 Å². The Morgan fingerprint density at radius 2 is 1.52 bits per heavy atom. The first kappa shape index (κ1) is 39.8. The van der Waals surface area contributed by atoms with E-state index in [0.717, 1.165) is 24.5 Å². The molecule has 0 spiro atoms. The number of aliphatic hydroxyl groups is 3. The molecule has 1 aliphatic rings. The van der Waals surface area contributed by atoms with E-state index in [1.807, 2.05) is 37.3 Å². The number of hydrogen-bond donors (Lipinski definition) is 7. The lowest BCUT2D eigenvalue weighted by Crippen LogP contribution is -2.60. The third kappa shape index (κ3) is 9.67. The number of aromatic hydroxyl groups is 2. The highest BCUT2D eigenvalue weighted by Gasteiger charge is 2.46. The molecule has 0 aromatic heterocycles. The second kappa shape index (κ2) is 18.0. The van der Waals surface area contributed by atoms with Gasteiger partial charge in [0.05, 0.1) is 32.1 Å². The highest BCUT2D eigenvalue weighted by atomic mass is 16.7. The second-order valence-corrected chi connectivity index (χ2v) is 12.8. The lowest BCUT2D eigenvalue weighted by atomic mass is 9.99. The van der Waals surface area contributed by atoms with Gasteiger partial charge in [0, 0.05) is 30.7 Å². The fraction of sp³-hybridized carbons (Fsp3) is 0.459. The number of nitrogens with one attached hydrogen (secondary N) is 1. The van der Waals surface area contributed by atoms with Gasteiger partial charge in [-0.2, -0.15) is 0 Å². The summed E-state index contributed by atoms with van der Waals surface area (Å²) in [4.78, 5) is 25.3. The monoisotopic (exact) mass is 729 g/mol. The summed E-state index contributed by atoms with van der Waals surface area (Å²) in [7, 11) is 2.53. The Morgan fingerprint density at radius 1 is 0.846 bits per heavy atom. The van der Waals surface area contributed by atoms with Crippen molar-refractivity contribution in [3.8, 4) is 34.5 Å². The van der Waals surface area contributed by atoms with Crippen LogP contribution in [0.2, 0.25) is 0 Å². The fourth-order valence-electron chi connectivity index (χ4n) is 5.52. The molecule has 1 aliphatic heterocycles. The Hall–Kier alpha value is -4.96. The summed E-state index contributed by atoms with van der Waals surface area (Å²) in [6, 6.07) is 12.9. The maximum absolute atomic E-state index is 13.2. The second-order valence-electron chi connectivity index (χ2n) is 12.8. The molecule has 0 amide bonds. The van der Waals surface area contributed by atoms with Crippen molar-refractivity contribution < 1.29 is 68.6 Å². The maximum Gasteiger partial charge on any atom is 0.342 e. The van der Waals surface area contributed by atoms with Crippen LogP contribution in [0.5, 0.6) is 34.5 Å². The van der Waals surface area contributed by atoms with Crippen LogP contribution in [0.15, 0.2) is 48.5 Å². The third-order valence-corrected chi connectivity index (χ3v) is 8.52. The molecule has 0 bridgehead atoms. The maximum atomic E-state index is 13.2. The van der Waals surface area contributed by atoms with Gasteiger partial charge in [0.2, 0.25) is 17.8 Å². The standard InChI is InChI=1S/C37H47NO14/c1-19(2)11-12-20(3)38-24-17-26(25(47-4)15-22(24)35(44)45)51-37-33(43)32(42)30(40)28(52-37)18-50-36(46)23-16-27(48-5)31(41)34(29(23)39)49-14-13-21-9-7-6-8-10-21/h6-10,15-17,19-20,28,30,32-33,37-43H,11-14,18H2,1-5H3,(H,44,45)/t20-,28-,30-,32+,33-,37-/m1/s1. The Kier molecular flexibility index (Phi) is 13.8. The zero-order chi connectivity index (χ0) is 38.1. The van der Waals surface area contributed by atoms with Gasteiger partial charge < -0.3 is 64.4 Å². The zero-order valence-corrected chi connectivity index (χ0v) is 29.6. The summed E-state index contributed by atoms with van der Waals surface area (Å²) < 4.78 is 33.1. The first-order valence-corrected chi connectivity index (χ1v) is 16.8. The lowest BCUT2D eigenvalue weighted by molar-refractivity contribution is -0.277. The molecule has 4 rings (SSSR count). The van der Waals surface area contributed by atoms with Crippen LogP contribution in [0.1, 0.15) is 59.9 Å². The molecular formula is C37H47NO14. The van der Waals surface area contributed by atoms with Gasteiger partial charge in [0.1, 0.15) is 36.6 Å². The highest BCUT2D eigenvalue weighted by molar-refractivity contribution is 5.96. The topological polar surface area (TPSA) is 223 Å². The Bertz CT molecular complexity index is 1670. The molecule has 3 aromatic rings. The van der Waals surface area contributed by atoms with Gasteiger partial charge in [0.25, 0.3) is 0 Å². The number of carboxylic acids is 1. The summed E-state index contributed by atoms with van der Waals surface area (Å²) in [6.07, 6.45) is -6.40. The molecule has 15 heteroatoms. The number of rotatable bonds is 17. The van der Waals surface area contributed by atoms with Crippen LogP contribution >= 0.6 is 0 Å². The Morgan fingerprint density at radius 3 is 2.15 bits per heavy atom. The van der Waals surface area contributed by atoms with E-state index in [9.17, 15) is 40.2 Å². The summed E-state index contributed by atoms with van der Waals surface area (Å²) in [6.45, 7) is 5.42. The normalized spacial score (nSPS) is 20.5. The van der Waals surface area contributed by atoms with Crippen molar-refractivity contribution in [1.82, 2.24) is 0 Å². The number of hydrogen-bond acceptors (Lipinski definition) is 14. The smallest absolute Gasteiger partial charge is 0.342 e. The molecule has 0 aliphatic carbocycles. The number of carbonyl (C=O) groups is 2. The predicted octanol–water partition coefficient (Wildman–Crippen LogP) is 3.71. The van der Waals surface area contributed by atoms with E-state index in [1.165, 1.54) is 26.4 Å². The molecule has 1 heterocycles. The van der Waals surface area contributed by atoms with Crippen LogP contribution in [0.4, 0.5) is 5.69 Å². The quantitative estimate of drug-likeness (QED) is 0.0984. The largest absolute Gasteiger partial charge is 0.504 e. The van der Waals surface area contributed by atoms with Gasteiger partial charge >= 0.3 is 11.9 Å². The SMILES string of the molecule is COc1cc(C(=O)O)c(N[C@H](C)CCC(C)C)cc1O[C@@H]1O[C@H](COC(=O)c2cc(OC)c(O)c(OCCc3ccccc3)c2O)[C@@H](O)[C@H](O)[C@H]1O. The minimum Gasteiger partial charge on any atom is -0.504 e. The van der Waals surface area contributed by atoms with Gasteiger partial charge in [-0.25, -0.2) is 9.59 Å². The van der Waals surface area contributed by atoms with Crippen LogP contribution in [0, 0.1) is 5.92 Å². The van der Waals surface area contributed by atoms with E-state index in [-0.39, 0.29) is 41.1 Å². The number of ether oxygens (including phenoxy) is 6. The lowest BCUT2D eigenvalue weighted by Gasteiger charge is -2.40. The first-order chi connectivity index (χ1) is 24.7. The summed E-state index contributed by atoms with van der Waals surface area (Å²) in [5.74, 6) is -3.83. The molecular weight excluding hydrogens is 682 g/mol. The van der Waals surface area contributed by atoms with E-state index < -0.39 is 72.1 Å². The number of aliphatic hydroxyl groups excluding tert-OH is 3. The Balaban J connectivity index is 1.50. The molecule has 52 heavy (non-hydrogen) atoms. The average Bonchev–Trinajstić information content (AvgIpc) is 3.12. The molecule has 284 valence electrons. The van der Waals surface area contributed by atoms with E-state index in [2.05, 4.69) is 19.2 Å². The van der Waals surface area contributed by atoms with Crippen molar-refractivity contribution in [2.45, 2.75) is 76.8 Å². The van der Waals surface area contributed by atoms with Crippen molar-refractivity contribution in [3.05, 3.63) is 65.2 Å². The van der Waals surface area contributed by atoms with Crippen LogP contribution in [-0.2, 0) is 15.9 Å². The molecule has 6 atom stereocenters. The Labute approximate surface area is 301 Å². The van der Waals surface area contributed by atoms with Crippen LogP contribution in [-0.4, -0.2) is 107 Å². The van der Waals surface area contributed by atoms with Crippen LogP contribution in [0.3, 0.4) is 0 Å². The highest BCUT2D eigenvalue weighted by Crippen LogP contribution is 2.46. The van der Waals surface area contributed by atoms with Gasteiger partial charge in [-0.1, -0.05) is 44.2 Å². The first-order valence-electron chi connectivity index (χ1n) is 16.8. The number of carbonyl (C=O) groups excluding carboxylic acids is 1. The van der Waals surface area contributed by atoms with E-state index in [1.54, 1.807) is 0 Å². The zero-order valence-electron chi connectivity index (χ0n) is 29.6. The number of phenolic OH excluding ortho intramolecular Hbond substituents is 2. The number of phenols is 2. The molecule has 15 nitrogen and oxygen atoms in total. The van der Waals surface area contributed by atoms with Gasteiger partial charge in [0.15, 0.2) is 23.0 Å². The fourth-order valence-corrected chi connectivity index (χ4v) is 5.52. The van der Waals surface area contributed by atoms with Gasteiger partial charge in [-0.05, 0) is 31.2 Å². The molecule has 1 fully saturated rings. The number of anilines is 1. The average molecular weight is 730 g/mol. The molecule has 0 saturated carbocycles. The minimum atomic E-state index is -1.83. The van der Waals surface area contributed by atoms with Crippen molar-refractivity contribution in [2.75, 3.05) is 32.8 Å². The molecule has 0 unspecified atom stereocenters. The third-order valence-electron chi connectivity index (χ3n) is 8.52. The van der Waals surface area contributed by atoms with Crippen molar-refractivity contribution in [2.24, 2.45) is 5.92 Å².